The lowest BCUT2D eigenvalue weighted by Crippen LogP contribution is -2.44. The van der Waals surface area contributed by atoms with Gasteiger partial charge in [0.15, 0.2) is 0 Å². The van der Waals surface area contributed by atoms with Gasteiger partial charge in [0.2, 0.25) is 0 Å². The number of likely N-dealkylation sites (tertiary alicyclic amines) is 1. The van der Waals surface area contributed by atoms with E-state index in [0.29, 0.717) is 35.9 Å². The molecule has 1 aliphatic carbocycles. The van der Waals surface area contributed by atoms with E-state index >= 15 is 0 Å². The maximum absolute atomic E-state index is 11.5. The molecule has 4 nitrogen and oxygen atoms in total. The number of nitrogens with zero attached hydrogens (tertiary/aromatic N) is 1. The molecule has 1 aliphatic heterocycles. The van der Waals surface area contributed by atoms with E-state index in [4.69, 9.17) is 16.3 Å². The third kappa shape index (κ3) is 4.11. The first-order chi connectivity index (χ1) is 10.7. The summed E-state index contributed by atoms with van der Waals surface area (Å²) in [4.78, 5) is 13.7. The van der Waals surface area contributed by atoms with Gasteiger partial charge in [-0.25, -0.2) is 0 Å². The standard InChI is InChI=1S/C17H22ClNO3.ClH/c18-13-6-2-4-8-16(13)22-10-9-19-14-7-3-1-5-12(14)11-15(19)17(20)21;/h2,4,6,8,12,14-15H,1,3,5,7,9-11H2,(H,20,21);1H. The Kier molecular flexibility index (Phi) is 6.57. The van der Waals surface area contributed by atoms with E-state index in [-0.39, 0.29) is 18.4 Å². The predicted molar refractivity (Wildman–Crippen MR) is 92.7 cm³/mol. The second-order valence-corrected chi connectivity index (χ2v) is 6.63. The van der Waals surface area contributed by atoms with E-state index in [1.165, 1.54) is 12.8 Å². The molecule has 2 fully saturated rings. The first kappa shape index (κ1) is 18.4. The maximum atomic E-state index is 11.5. The van der Waals surface area contributed by atoms with Crippen molar-refractivity contribution in [1.29, 1.82) is 0 Å². The zero-order chi connectivity index (χ0) is 15.5. The fourth-order valence-electron chi connectivity index (χ4n) is 3.94. The highest BCUT2D eigenvalue weighted by Crippen LogP contribution is 2.39. The number of halogens is 2. The minimum Gasteiger partial charge on any atom is -0.491 e. The Labute approximate surface area is 148 Å². The molecule has 1 saturated carbocycles. The molecule has 2 aliphatic rings. The number of carboxylic acids is 1. The van der Waals surface area contributed by atoms with Gasteiger partial charge in [-0.3, -0.25) is 9.69 Å². The van der Waals surface area contributed by atoms with Crippen molar-refractivity contribution in [3.8, 4) is 5.75 Å². The zero-order valence-electron chi connectivity index (χ0n) is 13.0. The third-order valence-electron chi connectivity index (χ3n) is 4.95. The number of para-hydroxylation sites is 1. The molecule has 1 N–H and O–H groups in total. The Morgan fingerprint density at radius 1 is 1.30 bits per heavy atom. The number of rotatable bonds is 5. The molecule has 0 spiro atoms. The fraction of sp³-hybridized carbons (Fsp3) is 0.588. The van der Waals surface area contributed by atoms with Crippen LogP contribution in [0.1, 0.15) is 32.1 Å². The van der Waals surface area contributed by atoms with Gasteiger partial charge in [-0.1, -0.05) is 36.6 Å². The summed E-state index contributed by atoms with van der Waals surface area (Å²) < 4.78 is 5.74. The summed E-state index contributed by atoms with van der Waals surface area (Å²) >= 11 is 6.08. The van der Waals surface area contributed by atoms with Crippen LogP contribution in [0.3, 0.4) is 0 Å². The normalized spacial score (nSPS) is 27.1. The highest BCUT2D eigenvalue weighted by Gasteiger charge is 2.44. The van der Waals surface area contributed by atoms with Crippen LogP contribution in [-0.2, 0) is 4.79 Å². The van der Waals surface area contributed by atoms with Gasteiger partial charge in [-0.15, -0.1) is 12.4 Å². The molecule has 0 aromatic heterocycles. The molecule has 1 aromatic carbocycles. The van der Waals surface area contributed by atoms with Crippen LogP contribution < -0.4 is 4.74 Å². The minimum atomic E-state index is -0.702. The number of benzene rings is 1. The number of aliphatic carboxylic acids is 1. The lowest BCUT2D eigenvalue weighted by atomic mass is 9.85. The second kappa shape index (κ2) is 8.22. The molecular weight excluding hydrogens is 337 g/mol. The molecular formula is C17H23Cl2NO3. The van der Waals surface area contributed by atoms with Crippen molar-refractivity contribution in [1.82, 2.24) is 4.90 Å². The van der Waals surface area contributed by atoms with E-state index in [2.05, 4.69) is 4.90 Å². The van der Waals surface area contributed by atoms with E-state index in [0.717, 1.165) is 19.3 Å². The number of hydrogen-bond acceptors (Lipinski definition) is 3. The van der Waals surface area contributed by atoms with Crippen molar-refractivity contribution in [2.75, 3.05) is 13.2 Å². The second-order valence-electron chi connectivity index (χ2n) is 6.22. The smallest absolute Gasteiger partial charge is 0.320 e. The fourth-order valence-corrected chi connectivity index (χ4v) is 4.13. The number of carbonyl (C=O) groups is 1. The first-order valence-electron chi connectivity index (χ1n) is 8.02. The van der Waals surface area contributed by atoms with E-state index in [9.17, 15) is 9.90 Å². The SMILES string of the molecule is Cl.O=C(O)C1CC2CCCCC2N1CCOc1ccccc1Cl. The highest BCUT2D eigenvalue weighted by atomic mass is 35.5. The molecule has 0 bridgehead atoms. The number of ether oxygens (including phenoxy) is 1. The predicted octanol–water partition coefficient (Wildman–Crippen LogP) is 3.86. The van der Waals surface area contributed by atoms with Crippen LogP contribution in [0.25, 0.3) is 0 Å². The topological polar surface area (TPSA) is 49.8 Å². The average Bonchev–Trinajstić information content (AvgIpc) is 2.88. The van der Waals surface area contributed by atoms with Gasteiger partial charge in [0.05, 0.1) is 5.02 Å². The summed E-state index contributed by atoms with van der Waals surface area (Å²) in [6.45, 7) is 1.11. The largest absolute Gasteiger partial charge is 0.491 e. The summed E-state index contributed by atoms with van der Waals surface area (Å²) in [5, 5.41) is 10.1. The van der Waals surface area contributed by atoms with E-state index in [1.807, 2.05) is 18.2 Å². The van der Waals surface area contributed by atoms with Crippen LogP contribution in [-0.4, -0.2) is 41.2 Å². The quantitative estimate of drug-likeness (QED) is 0.866. The van der Waals surface area contributed by atoms with Gasteiger partial charge in [-0.05, 0) is 37.3 Å². The summed E-state index contributed by atoms with van der Waals surface area (Å²) in [6, 6.07) is 7.43. The van der Waals surface area contributed by atoms with Crippen LogP contribution in [0, 0.1) is 5.92 Å². The number of hydrogen-bond donors (Lipinski definition) is 1. The van der Waals surface area contributed by atoms with Gasteiger partial charge in [0, 0.05) is 12.6 Å². The highest BCUT2D eigenvalue weighted by molar-refractivity contribution is 6.32. The third-order valence-corrected chi connectivity index (χ3v) is 5.26. The average molecular weight is 360 g/mol. The molecule has 3 unspecified atom stereocenters. The molecule has 23 heavy (non-hydrogen) atoms. The van der Waals surface area contributed by atoms with Crippen molar-refractivity contribution >= 4 is 30.0 Å². The van der Waals surface area contributed by atoms with Gasteiger partial charge in [0.1, 0.15) is 18.4 Å². The summed E-state index contributed by atoms with van der Waals surface area (Å²) in [5.74, 6) is 0.498. The van der Waals surface area contributed by atoms with Crippen molar-refractivity contribution in [3.63, 3.8) is 0 Å². The van der Waals surface area contributed by atoms with Crippen LogP contribution in [0.15, 0.2) is 24.3 Å². The Morgan fingerprint density at radius 2 is 2.04 bits per heavy atom. The lowest BCUT2D eigenvalue weighted by Gasteiger charge is -2.32. The van der Waals surface area contributed by atoms with Crippen LogP contribution in [0.5, 0.6) is 5.75 Å². The van der Waals surface area contributed by atoms with E-state index in [1.54, 1.807) is 6.07 Å². The molecule has 3 rings (SSSR count). The molecule has 3 atom stereocenters. The molecule has 1 aromatic rings. The van der Waals surface area contributed by atoms with Crippen molar-refractivity contribution < 1.29 is 14.6 Å². The lowest BCUT2D eigenvalue weighted by molar-refractivity contribution is -0.142. The van der Waals surface area contributed by atoms with Crippen molar-refractivity contribution in [2.24, 2.45) is 5.92 Å². The minimum absolute atomic E-state index is 0. The molecule has 128 valence electrons. The van der Waals surface area contributed by atoms with Gasteiger partial charge in [-0.2, -0.15) is 0 Å². The van der Waals surface area contributed by atoms with Crippen molar-refractivity contribution in [2.45, 2.75) is 44.2 Å². The Morgan fingerprint density at radius 3 is 2.78 bits per heavy atom. The molecule has 0 radical (unpaired) electrons. The Balaban J connectivity index is 0.00000192. The van der Waals surface area contributed by atoms with E-state index < -0.39 is 5.97 Å². The number of fused-ring (bicyclic) bond motifs is 1. The summed E-state index contributed by atoms with van der Waals surface area (Å²) in [7, 11) is 0. The van der Waals surface area contributed by atoms with Crippen molar-refractivity contribution in [3.05, 3.63) is 29.3 Å². The summed E-state index contributed by atoms with van der Waals surface area (Å²) in [6.07, 6.45) is 5.50. The maximum Gasteiger partial charge on any atom is 0.320 e. The molecule has 6 heteroatoms. The molecule has 0 amide bonds. The Hall–Kier alpha value is -0.970. The molecule has 1 saturated heterocycles. The summed E-state index contributed by atoms with van der Waals surface area (Å²) in [5.41, 5.74) is 0. The van der Waals surface area contributed by atoms with Crippen LogP contribution >= 0.6 is 24.0 Å². The Bertz CT molecular complexity index is 540. The van der Waals surface area contributed by atoms with Gasteiger partial charge < -0.3 is 9.84 Å². The van der Waals surface area contributed by atoms with Crippen LogP contribution in [0.4, 0.5) is 0 Å². The molecule has 1 heterocycles. The van der Waals surface area contributed by atoms with Crippen LogP contribution in [0.2, 0.25) is 5.02 Å². The monoisotopic (exact) mass is 359 g/mol. The first-order valence-corrected chi connectivity index (χ1v) is 8.40. The number of carboxylic acid groups (broad SMARTS) is 1. The van der Waals surface area contributed by atoms with Gasteiger partial charge in [0.25, 0.3) is 0 Å². The van der Waals surface area contributed by atoms with Gasteiger partial charge >= 0.3 is 5.97 Å². The zero-order valence-corrected chi connectivity index (χ0v) is 14.6.